The topological polar surface area (TPSA) is 46.3 Å². The molecule has 0 saturated carbocycles. The number of nitrogens with zero attached hydrogens (tertiary/aromatic N) is 1. The summed E-state index contributed by atoms with van der Waals surface area (Å²) < 4.78 is 0. The predicted molar refractivity (Wildman–Crippen MR) is 82.4 cm³/mol. The monoisotopic (exact) mass is 286 g/mol. The van der Waals surface area contributed by atoms with E-state index in [1.165, 1.54) is 0 Å². The minimum atomic E-state index is -0.0181. The van der Waals surface area contributed by atoms with Crippen LogP contribution in [0, 0.1) is 6.92 Å². The van der Waals surface area contributed by atoms with Gasteiger partial charge in [-0.1, -0.05) is 17.7 Å². The Labute approximate surface area is 123 Å². The molecule has 2 aromatic rings. The van der Waals surface area contributed by atoms with E-state index in [-0.39, 0.29) is 5.91 Å². The van der Waals surface area contributed by atoms with Crippen molar-refractivity contribution in [1.82, 2.24) is 0 Å². The van der Waals surface area contributed by atoms with Gasteiger partial charge in [-0.05, 0) is 54.8 Å². The smallest absolute Gasteiger partial charge is 0.258 e. The molecular weight excluding hydrogens is 272 g/mol. The van der Waals surface area contributed by atoms with E-state index in [0.29, 0.717) is 17.1 Å². The van der Waals surface area contributed by atoms with Crippen LogP contribution in [-0.4, -0.2) is 12.5 Å². The first-order chi connectivity index (χ1) is 9.56. The molecule has 0 spiro atoms. The second-order valence-electron chi connectivity index (χ2n) is 5.06. The van der Waals surface area contributed by atoms with E-state index < -0.39 is 0 Å². The van der Waals surface area contributed by atoms with Gasteiger partial charge in [0.2, 0.25) is 0 Å². The average Bonchev–Trinajstić information content (AvgIpc) is 2.84. The van der Waals surface area contributed by atoms with Crippen molar-refractivity contribution in [2.45, 2.75) is 13.3 Å². The zero-order chi connectivity index (χ0) is 14.3. The molecule has 2 aromatic carbocycles. The number of amides is 1. The van der Waals surface area contributed by atoms with Gasteiger partial charge in [-0.15, -0.1) is 0 Å². The highest BCUT2D eigenvalue weighted by Gasteiger charge is 2.25. The summed E-state index contributed by atoms with van der Waals surface area (Å²) in [5.41, 5.74) is 10.2. The quantitative estimate of drug-likeness (QED) is 0.816. The van der Waals surface area contributed by atoms with Crippen molar-refractivity contribution in [1.29, 1.82) is 0 Å². The second kappa shape index (κ2) is 4.84. The first-order valence-electron chi connectivity index (χ1n) is 6.52. The highest BCUT2D eigenvalue weighted by Crippen LogP contribution is 2.31. The Morgan fingerprint density at radius 1 is 1.25 bits per heavy atom. The van der Waals surface area contributed by atoms with Crippen LogP contribution in [0.3, 0.4) is 0 Å². The van der Waals surface area contributed by atoms with Crippen LogP contribution < -0.4 is 10.6 Å². The maximum Gasteiger partial charge on any atom is 0.258 e. The van der Waals surface area contributed by atoms with E-state index in [1.54, 1.807) is 11.0 Å². The molecule has 20 heavy (non-hydrogen) atoms. The molecule has 0 fully saturated rings. The summed E-state index contributed by atoms with van der Waals surface area (Å²) in [4.78, 5) is 14.4. The summed E-state index contributed by atoms with van der Waals surface area (Å²) in [6.45, 7) is 2.60. The molecule has 0 bridgehead atoms. The van der Waals surface area contributed by atoms with Crippen LogP contribution in [0.25, 0.3) is 0 Å². The van der Waals surface area contributed by atoms with Gasteiger partial charge < -0.3 is 10.6 Å². The number of hydrogen-bond acceptors (Lipinski definition) is 2. The lowest BCUT2D eigenvalue weighted by atomic mass is 10.1. The summed E-state index contributed by atoms with van der Waals surface area (Å²) in [6.07, 6.45) is 0.839. The molecule has 0 atom stereocenters. The van der Waals surface area contributed by atoms with E-state index in [4.69, 9.17) is 17.3 Å². The number of carbonyl (C=O) groups is 1. The van der Waals surface area contributed by atoms with Crippen molar-refractivity contribution < 1.29 is 4.79 Å². The molecule has 4 heteroatoms. The average molecular weight is 287 g/mol. The summed E-state index contributed by atoms with van der Waals surface area (Å²) >= 11 is 6.10. The number of hydrogen-bond donors (Lipinski definition) is 1. The van der Waals surface area contributed by atoms with Crippen LogP contribution in [0.5, 0.6) is 0 Å². The van der Waals surface area contributed by atoms with Gasteiger partial charge in [0.15, 0.2) is 0 Å². The molecule has 0 aliphatic carbocycles. The maximum atomic E-state index is 12.6. The zero-order valence-corrected chi connectivity index (χ0v) is 11.9. The van der Waals surface area contributed by atoms with Gasteiger partial charge in [-0.25, -0.2) is 0 Å². The third-order valence-corrected chi connectivity index (χ3v) is 4.07. The fourth-order valence-corrected chi connectivity index (χ4v) is 2.69. The standard InChI is InChI=1S/C16H15ClN2O/c1-10-2-3-12(9-14(10)17)16(20)19-7-6-11-8-13(18)4-5-15(11)19/h2-5,8-9H,6-7,18H2,1H3. The van der Waals surface area contributed by atoms with Crippen LogP contribution in [-0.2, 0) is 6.42 Å². The van der Waals surface area contributed by atoms with Crippen LogP contribution in [0.2, 0.25) is 5.02 Å². The largest absolute Gasteiger partial charge is 0.399 e. The van der Waals surface area contributed by atoms with Gasteiger partial charge in [0.05, 0.1) is 0 Å². The highest BCUT2D eigenvalue weighted by molar-refractivity contribution is 6.31. The molecule has 1 amide bonds. The van der Waals surface area contributed by atoms with Crippen LogP contribution >= 0.6 is 11.6 Å². The number of halogens is 1. The van der Waals surface area contributed by atoms with Gasteiger partial charge in [0.25, 0.3) is 5.91 Å². The number of rotatable bonds is 1. The Bertz CT molecular complexity index is 697. The third kappa shape index (κ3) is 2.14. The normalized spacial score (nSPS) is 13.4. The summed E-state index contributed by atoms with van der Waals surface area (Å²) in [7, 11) is 0. The van der Waals surface area contributed by atoms with Gasteiger partial charge in [0, 0.05) is 28.5 Å². The van der Waals surface area contributed by atoms with E-state index >= 15 is 0 Å². The highest BCUT2D eigenvalue weighted by atomic mass is 35.5. The Hall–Kier alpha value is -2.00. The van der Waals surface area contributed by atoms with E-state index in [0.717, 1.165) is 28.9 Å². The lowest BCUT2D eigenvalue weighted by molar-refractivity contribution is 0.0989. The van der Waals surface area contributed by atoms with Gasteiger partial charge in [0.1, 0.15) is 0 Å². The van der Waals surface area contributed by atoms with Crippen LogP contribution in [0.4, 0.5) is 11.4 Å². The molecule has 0 saturated heterocycles. The predicted octanol–water partition coefficient (Wildman–Crippen LogP) is 3.43. The number of nitrogen functional groups attached to an aromatic ring is 1. The SMILES string of the molecule is Cc1ccc(C(=O)N2CCc3cc(N)ccc32)cc1Cl. The van der Waals surface area contributed by atoms with Gasteiger partial charge in [-0.3, -0.25) is 4.79 Å². The van der Waals surface area contributed by atoms with Gasteiger partial charge in [-0.2, -0.15) is 0 Å². The number of aryl methyl sites for hydroxylation is 1. The van der Waals surface area contributed by atoms with Crippen molar-refractivity contribution in [3.05, 3.63) is 58.1 Å². The Kier molecular flexibility index (Phi) is 3.14. The molecule has 1 aliphatic rings. The molecule has 3 rings (SSSR count). The number of carbonyl (C=O) groups excluding carboxylic acids is 1. The Morgan fingerprint density at radius 3 is 2.80 bits per heavy atom. The number of fused-ring (bicyclic) bond motifs is 1. The summed E-state index contributed by atoms with van der Waals surface area (Å²) in [5, 5.41) is 0.618. The molecule has 102 valence electrons. The first-order valence-corrected chi connectivity index (χ1v) is 6.90. The maximum absolute atomic E-state index is 12.6. The van der Waals surface area contributed by atoms with Crippen molar-refractivity contribution in [2.75, 3.05) is 17.2 Å². The lowest BCUT2D eigenvalue weighted by Gasteiger charge is -2.18. The molecule has 0 unspecified atom stereocenters. The van der Waals surface area contributed by atoms with E-state index in [9.17, 15) is 4.79 Å². The van der Waals surface area contributed by atoms with Crippen molar-refractivity contribution in [3.63, 3.8) is 0 Å². The fourth-order valence-electron chi connectivity index (χ4n) is 2.51. The molecular formula is C16H15ClN2O. The molecule has 1 heterocycles. The lowest BCUT2D eigenvalue weighted by Crippen LogP contribution is -2.28. The first kappa shape index (κ1) is 13.0. The molecule has 0 radical (unpaired) electrons. The second-order valence-corrected chi connectivity index (χ2v) is 5.47. The molecule has 2 N–H and O–H groups in total. The summed E-state index contributed by atoms with van der Waals surface area (Å²) in [5.74, 6) is -0.0181. The summed E-state index contributed by atoms with van der Waals surface area (Å²) in [6, 6.07) is 11.1. The zero-order valence-electron chi connectivity index (χ0n) is 11.2. The van der Waals surface area contributed by atoms with Gasteiger partial charge >= 0.3 is 0 Å². The minimum absolute atomic E-state index is 0.0181. The van der Waals surface area contributed by atoms with E-state index in [1.807, 2.05) is 37.3 Å². The fraction of sp³-hybridized carbons (Fsp3) is 0.188. The Morgan fingerprint density at radius 2 is 2.05 bits per heavy atom. The van der Waals surface area contributed by atoms with Crippen molar-refractivity contribution >= 4 is 28.9 Å². The number of anilines is 2. The third-order valence-electron chi connectivity index (χ3n) is 3.66. The number of benzene rings is 2. The van der Waals surface area contributed by atoms with Crippen molar-refractivity contribution in [3.8, 4) is 0 Å². The van der Waals surface area contributed by atoms with E-state index in [2.05, 4.69) is 0 Å². The van der Waals surface area contributed by atoms with Crippen molar-refractivity contribution in [2.24, 2.45) is 0 Å². The Balaban J connectivity index is 1.95. The minimum Gasteiger partial charge on any atom is -0.399 e. The van der Waals surface area contributed by atoms with Crippen LogP contribution in [0.1, 0.15) is 21.5 Å². The molecule has 0 aromatic heterocycles. The molecule has 1 aliphatic heterocycles. The molecule has 3 nitrogen and oxygen atoms in total. The van der Waals surface area contributed by atoms with Crippen LogP contribution in [0.15, 0.2) is 36.4 Å². The number of nitrogens with two attached hydrogens (primary N) is 1.